The first-order chi connectivity index (χ1) is 10.1. The van der Waals surface area contributed by atoms with Gasteiger partial charge in [0.1, 0.15) is 5.82 Å². The number of hydrogen-bond acceptors (Lipinski definition) is 3. The molecule has 0 unspecified atom stereocenters. The second-order valence-corrected chi connectivity index (χ2v) is 4.97. The van der Waals surface area contributed by atoms with E-state index in [-0.39, 0.29) is 17.2 Å². The molecule has 5 heteroatoms. The van der Waals surface area contributed by atoms with Crippen LogP contribution in [0.25, 0.3) is 11.0 Å². The minimum atomic E-state index is -0.424. The quantitative estimate of drug-likeness (QED) is 0.690. The maximum atomic E-state index is 13.0. The van der Waals surface area contributed by atoms with Crippen molar-refractivity contribution in [2.75, 3.05) is 0 Å². The van der Waals surface area contributed by atoms with E-state index in [1.165, 1.54) is 18.2 Å². The monoisotopic (exact) mass is 300 g/mol. The highest BCUT2D eigenvalue weighted by atomic mass is 35.5. The molecule has 104 valence electrons. The number of fused-ring (bicyclic) bond motifs is 1. The van der Waals surface area contributed by atoms with Crippen LogP contribution in [0.4, 0.5) is 4.39 Å². The number of Topliss-reactive ketones (excluding diaryl/α,β-unsaturated/α-hetero) is 1. The lowest BCUT2D eigenvalue weighted by atomic mass is 10.0. The first kappa shape index (κ1) is 13.6. The first-order valence-corrected chi connectivity index (χ1v) is 6.70. The summed E-state index contributed by atoms with van der Waals surface area (Å²) in [5.41, 5.74) is 2.29. The third kappa shape index (κ3) is 2.76. The van der Waals surface area contributed by atoms with E-state index in [1.54, 1.807) is 30.6 Å². The van der Waals surface area contributed by atoms with E-state index in [2.05, 4.69) is 9.97 Å². The van der Waals surface area contributed by atoms with Gasteiger partial charge >= 0.3 is 0 Å². The minimum Gasteiger partial charge on any atom is -0.294 e. The topological polar surface area (TPSA) is 42.9 Å². The van der Waals surface area contributed by atoms with Crippen LogP contribution in [-0.2, 0) is 6.42 Å². The molecule has 0 aliphatic carbocycles. The highest BCUT2D eigenvalue weighted by molar-refractivity contribution is 6.31. The van der Waals surface area contributed by atoms with Crippen molar-refractivity contribution in [2.45, 2.75) is 6.42 Å². The predicted molar refractivity (Wildman–Crippen MR) is 79.0 cm³/mol. The molecule has 0 atom stereocenters. The normalized spacial score (nSPS) is 10.8. The van der Waals surface area contributed by atoms with Gasteiger partial charge in [-0.1, -0.05) is 23.7 Å². The Hall–Kier alpha value is -2.33. The Morgan fingerprint density at radius 1 is 1.14 bits per heavy atom. The zero-order valence-corrected chi connectivity index (χ0v) is 11.6. The maximum Gasteiger partial charge on any atom is 0.169 e. The number of carbonyl (C=O) groups excluding carboxylic acids is 1. The van der Waals surface area contributed by atoms with Crippen molar-refractivity contribution in [1.82, 2.24) is 9.97 Å². The molecule has 0 bridgehead atoms. The second kappa shape index (κ2) is 5.58. The number of nitrogens with zero attached hydrogens (tertiary/aromatic N) is 2. The van der Waals surface area contributed by atoms with Gasteiger partial charge in [-0.15, -0.1) is 0 Å². The largest absolute Gasteiger partial charge is 0.294 e. The number of halogens is 2. The number of aromatic nitrogens is 2. The lowest BCUT2D eigenvalue weighted by Crippen LogP contribution is -2.06. The summed E-state index contributed by atoms with van der Waals surface area (Å²) in [6, 6.07) is 9.27. The van der Waals surface area contributed by atoms with Crippen LogP contribution >= 0.6 is 11.6 Å². The maximum absolute atomic E-state index is 13.0. The van der Waals surface area contributed by atoms with Crippen LogP contribution in [0.2, 0.25) is 5.02 Å². The van der Waals surface area contributed by atoms with Crippen LogP contribution in [0.5, 0.6) is 0 Å². The van der Waals surface area contributed by atoms with Gasteiger partial charge in [-0.3, -0.25) is 14.8 Å². The van der Waals surface area contributed by atoms with Crippen LogP contribution in [0.1, 0.15) is 15.9 Å². The van der Waals surface area contributed by atoms with Crippen molar-refractivity contribution in [3.8, 4) is 0 Å². The Balaban J connectivity index is 1.97. The van der Waals surface area contributed by atoms with Crippen molar-refractivity contribution in [3.63, 3.8) is 0 Å². The average Bonchev–Trinajstić information content (AvgIpc) is 2.49. The van der Waals surface area contributed by atoms with Gasteiger partial charge in [0, 0.05) is 29.4 Å². The van der Waals surface area contributed by atoms with E-state index in [0.717, 1.165) is 0 Å². The molecule has 2 aromatic carbocycles. The molecule has 0 radical (unpaired) electrons. The number of para-hydroxylation sites is 1. The van der Waals surface area contributed by atoms with Crippen LogP contribution in [0, 0.1) is 5.82 Å². The molecular weight excluding hydrogens is 291 g/mol. The van der Waals surface area contributed by atoms with Crippen molar-refractivity contribution >= 4 is 28.4 Å². The van der Waals surface area contributed by atoms with Crippen LogP contribution < -0.4 is 0 Å². The molecule has 1 aromatic heterocycles. The fourth-order valence-corrected chi connectivity index (χ4v) is 2.38. The first-order valence-electron chi connectivity index (χ1n) is 6.32. The van der Waals surface area contributed by atoms with Crippen molar-refractivity contribution < 1.29 is 9.18 Å². The van der Waals surface area contributed by atoms with E-state index in [1.807, 2.05) is 0 Å². The number of ketones is 1. The molecule has 3 aromatic rings. The molecule has 0 spiro atoms. The lowest BCUT2D eigenvalue weighted by Gasteiger charge is -2.06. The summed E-state index contributed by atoms with van der Waals surface area (Å²) in [6.45, 7) is 0. The zero-order chi connectivity index (χ0) is 14.8. The van der Waals surface area contributed by atoms with Gasteiger partial charge in [-0.25, -0.2) is 4.39 Å². The van der Waals surface area contributed by atoms with Gasteiger partial charge < -0.3 is 0 Å². The minimum absolute atomic E-state index is 0.0921. The molecule has 0 aliphatic rings. The summed E-state index contributed by atoms with van der Waals surface area (Å²) < 4.78 is 13.0. The Kier molecular flexibility index (Phi) is 3.62. The summed E-state index contributed by atoms with van der Waals surface area (Å²) >= 11 is 5.96. The molecule has 3 nitrogen and oxygen atoms in total. The van der Waals surface area contributed by atoms with E-state index >= 15 is 0 Å². The molecular formula is C16H10ClFN2O. The van der Waals surface area contributed by atoms with Gasteiger partial charge in [-0.2, -0.15) is 0 Å². The molecule has 1 heterocycles. The third-order valence-electron chi connectivity index (χ3n) is 3.17. The van der Waals surface area contributed by atoms with E-state index < -0.39 is 5.82 Å². The standard InChI is InChI=1S/C16H10ClFN2O/c17-13-9-11(18)5-4-10(13)8-15(21)12-2-1-3-14-16(12)20-7-6-19-14/h1-7,9H,8H2. The van der Waals surface area contributed by atoms with Gasteiger partial charge in [0.15, 0.2) is 5.78 Å². The zero-order valence-electron chi connectivity index (χ0n) is 10.9. The van der Waals surface area contributed by atoms with Gasteiger partial charge in [0.25, 0.3) is 0 Å². The molecule has 0 fully saturated rings. The van der Waals surface area contributed by atoms with Crippen molar-refractivity contribution in [3.05, 3.63) is 70.8 Å². The molecule has 0 saturated heterocycles. The average molecular weight is 301 g/mol. The Labute approximate surface area is 125 Å². The third-order valence-corrected chi connectivity index (χ3v) is 3.52. The molecule has 3 rings (SSSR count). The van der Waals surface area contributed by atoms with E-state index in [0.29, 0.717) is 22.2 Å². The van der Waals surface area contributed by atoms with Gasteiger partial charge in [-0.05, 0) is 29.8 Å². The fourth-order valence-electron chi connectivity index (χ4n) is 2.15. The van der Waals surface area contributed by atoms with Crippen LogP contribution in [-0.4, -0.2) is 15.8 Å². The van der Waals surface area contributed by atoms with Gasteiger partial charge in [0.05, 0.1) is 11.0 Å². The Bertz CT molecular complexity index is 830. The Morgan fingerprint density at radius 3 is 2.76 bits per heavy atom. The van der Waals surface area contributed by atoms with Crippen molar-refractivity contribution in [1.29, 1.82) is 0 Å². The summed E-state index contributed by atoms with van der Waals surface area (Å²) in [6.07, 6.45) is 3.21. The summed E-state index contributed by atoms with van der Waals surface area (Å²) in [4.78, 5) is 20.8. The molecule has 0 N–H and O–H groups in total. The highest BCUT2D eigenvalue weighted by Gasteiger charge is 2.14. The molecule has 0 aliphatic heterocycles. The highest BCUT2D eigenvalue weighted by Crippen LogP contribution is 2.21. The number of hydrogen-bond donors (Lipinski definition) is 0. The SMILES string of the molecule is O=C(Cc1ccc(F)cc1Cl)c1cccc2nccnc12. The Morgan fingerprint density at radius 2 is 1.95 bits per heavy atom. The smallest absolute Gasteiger partial charge is 0.169 e. The van der Waals surface area contributed by atoms with Crippen LogP contribution in [0.15, 0.2) is 48.8 Å². The van der Waals surface area contributed by atoms with E-state index in [9.17, 15) is 9.18 Å². The number of benzene rings is 2. The summed E-state index contributed by atoms with van der Waals surface area (Å²) in [5, 5.41) is 0.245. The predicted octanol–water partition coefficient (Wildman–Crippen LogP) is 3.85. The van der Waals surface area contributed by atoms with Crippen LogP contribution in [0.3, 0.4) is 0 Å². The molecule has 21 heavy (non-hydrogen) atoms. The summed E-state index contributed by atoms with van der Waals surface area (Å²) in [5.74, 6) is -0.554. The van der Waals surface area contributed by atoms with Gasteiger partial charge in [0.2, 0.25) is 0 Å². The van der Waals surface area contributed by atoms with E-state index in [4.69, 9.17) is 11.6 Å². The lowest BCUT2D eigenvalue weighted by molar-refractivity contribution is 0.0994. The fraction of sp³-hybridized carbons (Fsp3) is 0.0625. The molecule has 0 saturated carbocycles. The number of carbonyl (C=O) groups is 1. The molecule has 0 amide bonds. The second-order valence-electron chi connectivity index (χ2n) is 4.57. The van der Waals surface area contributed by atoms with Crippen molar-refractivity contribution in [2.24, 2.45) is 0 Å². The summed E-state index contributed by atoms with van der Waals surface area (Å²) in [7, 11) is 0. The number of rotatable bonds is 3.